The molecule has 0 unspecified atom stereocenters. The van der Waals surface area contributed by atoms with E-state index in [1.165, 1.54) is 0 Å². The van der Waals surface area contributed by atoms with Crippen molar-refractivity contribution in [3.8, 4) is 5.75 Å². The van der Waals surface area contributed by atoms with Gasteiger partial charge in [-0.1, -0.05) is 24.3 Å². The van der Waals surface area contributed by atoms with Crippen LogP contribution in [0.25, 0.3) is 0 Å². The lowest BCUT2D eigenvalue weighted by atomic mass is 10.2. The first-order valence-electron chi connectivity index (χ1n) is 5.49. The minimum absolute atomic E-state index is 0.456. The van der Waals surface area contributed by atoms with Crippen LogP contribution in [0.15, 0.2) is 42.5 Å². The zero-order valence-electron chi connectivity index (χ0n) is 9.69. The molecule has 2 aromatic rings. The van der Waals surface area contributed by atoms with Crippen LogP contribution in [0.5, 0.6) is 5.75 Å². The highest BCUT2D eigenvalue weighted by molar-refractivity contribution is 6.17. The highest BCUT2D eigenvalue weighted by Crippen LogP contribution is 2.20. The Morgan fingerprint density at radius 2 is 1.94 bits per heavy atom. The second-order valence-electron chi connectivity index (χ2n) is 3.80. The summed E-state index contributed by atoms with van der Waals surface area (Å²) in [6.07, 6.45) is 0. The SMILES string of the molecule is Cc1cccc(COc2ccccc2CCl)n1. The van der Waals surface area contributed by atoms with Crippen molar-refractivity contribution in [2.24, 2.45) is 0 Å². The second kappa shape index (κ2) is 5.69. The summed E-state index contributed by atoms with van der Waals surface area (Å²) in [7, 11) is 0. The van der Waals surface area contributed by atoms with Gasteiger partial charge in [-0.3, -0.25) is 4.98 Å². The first-order chi connectivity index (χ1) is 8.29. The number of aryl methyl sites for hydroxylation is 1. The first kappa shape index (κ1) is 11.9. The Balaban J connectivity index is 2.07. The Labute approximate surface area is 106 Å². The molecule has 0 fully saturated rings. The molecule has 88 valence electrons. The van der Waals surface area contributed by atoms with E-state index in [1.807, 2.05) is 49.4 Å². The third kappa shape index (κ3) is 3.21. The van der Waals surface area contributed by atoms with E-state index in [-0.39, 0.29) is 0 Å². The summed E-state index contributed by atoms with van der Waals surface area (Å²) in [6.45, 7) is 2.44. The summed E-state index contributed by atoms with van der Waals surface area (Å²) in [5.74, 6) is 1.28. The molecule has 0 aliphatic heterocycles. The molecule has 1 aromatic heterocycles. The van der Waals surface area contributed by atoms with Crippen molar-refractivity contribution < 1.29 is 4.74 Å². The molecular weight excluding hydrogens is 234 g/mol. The Morgan fingerprint density at radius 1 is 1.12 bits per heavy atom. The van der Waals surface area contributed by atoms with Gasteiger partial charge in [0.05, 0.1) is 11.6 Å². The number of hydrogen-bond acceptors (Lipinski definition) is 2. The highest BCUT2D eigenvalue weighted by Gasteiger charge is 2.02. The molecule has 0 radical (unpaired) electrons. The topological polar surface area (TPSA) is 22.1 Å². The van der Waals surface area contributed by atoms with Crippen molar-refractivity contribution in [3.05, 3.63) is 59.4 Å². The molecule has 0 N–H and O–H groups in total. The van der Waals surface area contributed by atoms with E-state index in [0.29, 0.717) is 12.5 Å². The van der Waals surface area contributed by atoms with Gasteiger partial charge in [0.1, 0.15) is 12.4 Å². The summed E-state index contributed by atoms with van der Waals surface area (Å²) < 4.78 is 5.72. The van der Waals surface area contributed by atoms with E-state index >= 15 is 0 Å². The Morgan fingerprint density at radius 3 is 2.71 bits per heavy atom. The summed E-state index contributed by atoms with van der Waals surface area (Å²) in [6, 6.07) is 13.7. The molecule has 0 spiro atoms. The van der Waals surface area contributed by atoms with Crippen molar-refractivity contribution >= 4 is 11.6 Å². The monoisotopic (exact) mass is 247 g/mol. The van der Waals surface area contributed by atoms with Crippen molar-refractivity contribution in [2.75, 3.05) is 0 Å². The van der Waals surface area contributed by atoms with E-state index in [2.05, 4.69) is 4.98 Å². The average Bonchev–Trinajstić information content (AvgIpc) is 2.37. The maximum atomic E-state index is 5.84. The number of hydrogen-bond donors (Lipinski definition) is 0. The predicted molar refractivity (Wildman–Crippen MR) is 69.3 cm³/mol. The Hall–Kier alpha value is -1.54. The smallest absolute Gasteiger partial charge is 0.130 e. The molecule has 2 rings (SSSR count). The van der Waals surface area contributed by atoms with Gasteiger partial charge in [-0.2, -0.15) is 0 Å². The van der Waals surface area contributed by atoms with Crippen molar-refractivity contribution in [1.82, 2.24) is 4.98 Å². The summed E-state index contributed by atoms with van der Waals surface area (Å²) >= 11 is 5.84. The predicted octanol–water partition coefficient (Wildman–Crippen LogP) is 3.71. The quantitative estimate of drug-likeness (QED) is 0.769. The number of para-hydroxylation sites is 1. The largest absolute Gasteiger partial charge is 0.487 e. The number of pyridine rings is 1. The lowest BCUT2D eigenvalue weighted by Crippen LogP contribution is -2.00. The first-order valence-corrected chi connectivity index (χ1v) is 6.02. The number of aromatic nitrogens is 1. The van der Waals surface area contributed by atoms with E-state index in [9.17, 15) is 0 Å². The minimum atomic E-state index is 0.456. The molecule has 0 bridgehead atoms. The molecule has 0 saturated carbocycles. The normalized spacial score (nSPS) is 10.2. The van der Waals surface area contributed by atoms with Gasteiger partial charge in [-0.15, -0.1) is 11.6 Å². The molecular formula is C14H14ClNO. The van der Waals surface area contributed by atoms with Crippen molar-refractivity contribution in [3.63, 3.8) is 0 Å². The standard InChI is InChI=1S/C14H14ClNO/c1-11-5-4-7-13(16-11)10-17-14-8-3-2-6-12(14)9-15/h2-8H,9-10H2,1H3. The number of halogens is 1. The van der Waals surface area contributed by atoms with Gasteiger partial charge in [-0.05, 0) is 25.1 Å². The average molecular weight is 248 g/mol. The highest BCUT2D eigenvalue weighted by atomic mass is 35.5. The molecule has 0 aliphatic rings. The molecule has 0 aliphatic carbocycles. The third-order valence-corrected chi connectivity index (χ3v) is 2.73. The number of rotatable bonds is 4. The van der Waals surface area contributed by atoms with Crippen LogP contribution in [0.3, 0.4) is 0 Å². The van der Waals surface area contributed by atoms with E-state index in [0.717, 1.165) is 22.7 Å². The fourth-order valence-electron chi connectivity index (χ4n) is 1.59. The van der Waals surface area contributed by atoms with E-state index in [4.69, 9.17) is 16.3 Å². The molecule has 1 heterocycles. The van der Waals surface area contributed by atoms with Crippen LogP contribution in [0.2, 0.25) is 0 Å². The van der Waals surface area contributed by atoms with Crippen LogP contribution in [-0.4, -0.2) is 4.98 Å². The summed E-state index contributed by atoms with van der Waals surface area (Å²) in [5, 5.41) is 0. The van der Waals surface area contributed by atoms with Gasteiger partial charge in [0.25, 0.3) is 0 Å². The number of benzene rings is 1. The number of ether oxygens (including phenoxy) is 1. The number of nitrogens with zero attached hydrogens (tertiary/aromatic N) is 1. The molecule has 3 heteroatoms. The zero-order chi connectivity index (χ0) is 12.1. The van der Waals surface area contributed by atoms with Gasteiger partial charge < -0.3 is 4.74 Å². The lowest BCUT2D eigenvalue weighted by molar-refractivity contribution is 0.299. The number of alkyl halides is 1. The van der Waals surface area contributed by atoms with Crippen LogP contribution in [-0.2, 0) is 12.5 Å². The Kier molecular flexibility index (Phi) is 3.99. The third-order valence-electron chi connectivity index (χ3n) is 2.44. The fourth-order valence-corrected chi connectivity index (χ4v) is 1.81. The van der Waals surface area contributed by atoms with Crippen molar-refractivity contribution in [1.29, 1.82) is 0 Å². The van der Waals surface area contributed by atoms with Crippen LogP contribution >= 0.6 is 11.6 Å². The zero-order valence-corrected chi connectivity index (χ0v) is 10.4. The van der Waals surface area contributed by atoms with Crippen LogP contribution in [0.4, 0.5) is 0 Å². The maximum absolute atomic E-state index is 5.84. The molecule has 0 atom stereocenters. The van der Waals surface area contributed by atoms with E-state index in [1.54, 1.807) is 0 Å². The minimum Gasteiger partial charge on any atom is -0.487 e. The molecule has 2 nitrogen and oxygen atoms in total. The lowest BCUT2D eigenvalue weighted by Gasteiger charge is -2.09. The van der Waals surface area contributed by atoms with Gasteiger partial charge >= 0.3 is 0 Å². The fraction of sp³-hybridized carbons (Fsp3) is 0.214. The van der Waals surface area contributed by atoms with Gasteiger partial charge in [0, 0.05) is 11.3 Å². The van der Waals surface area contributed by atoms with Crippen LogP contribution in [0.1, 0.15) is 17.0 Å². The Bertz CT molecular complexity index is 499. The van der Waals surface area contributed by atoms with Crippen molar-refractivity contribution in [2.45, 2.75) is 19.4 Å². The summed E-state index contributed by atoms with van der Waals surface area (Å²) in [4.78, 5) is 4.39. The van der Waals surface area contributed by atoms with Crippen LogP contribution < -0.4 is 4.74 Å². The molecule has 0 amide bonds. The molecule has 1 aromatic carbocycles. The maximum Gasteiger partial charge on any atom is 0.130 e. The van der Waals surface area contributed by atoms with Gasteiger partial charge in [0.2, 0.25) is 0 Å². The second-order valence-corrected chi connectivity index (χ2v) is 4.07. The van der Waals surface area contributed by atoms with E-state index < -0.39 is 0 Å². The van der Waals surface area contributed by atoms with Gasteiger partial charge in [-0.25, -0.2) is 0 Å². The summed E-state index contributed by atoms with van der Waals surface area (Å²) in [5.41, 5.74) is 2.92. The van der Waals surface area contributed by atoms with Gasteiger partial charge in [0.15, 0.2) is 0 Å². The van der Waals surface area contributed by atoms with Crippen LogP contribution in [0, 0.1) is 6.92 Å². The molecule has 0 saturated heterocycles. The molecule has 17 heavy (non-hydrogen) atoms.